The highest BCUT2D eigenvalue weighted by Gasteiger charge is 2.44. The first-order chi connectivity index (χ1) is 13.0. The molecule has 0 bridgehead atoms. The third-order valence-corrected chi connectivity index (χ3v) is 6.85. The van der Waals surface area contributed by atoms with Crippen molar-refractivity contribution in [2.24, 2.45) is 5.41 Å². The molecule has 2 aromatic carbocycles. The van der Waals surface area contributed by atoms with E-state index in [-0.39, 0.29) is 17.2 Å². The van der Waals surface area contributed by atoms with Crippen LogP contribution in [0.4, 0.5) is 0 Å². The minimum absolute atomic E-state index is 0.123. The number of benzene rings is 2. The summed E-state index contributed by atoms with van der Waals surface area (Å²) in [5.41, 5.74) is 9.63. The summed E-state index contributed by atoms with van der Waals surface area (Å²) in [6.07, 6.45) is 7.16. The molecule has 1 atom stereocenters. The highest BCUT2D eigenvalue weighted by molar-refractivity contribution is 5.95. The van der Waals surface area contributed by atoms with Crippen LogP contribution in [0.1, 0.15) is 67.4 Å². The van der Waals surface area contributed by atoms with Crippen LogP contribution in [0.15, 0.2) is 24.3 Å². The van der Waals surface area contributed by atoms with Crippen molar-refractivity contribution in [3.8, 4) is 0 Å². The topological polar surface area (TPSA) is 43.4 Å². The highest BCUT2D eigenvalue weighted by Crippen LogP contribution is 2.49. The zero-order valence-corrected chi connectivity index (χ0v) is 16.0. The van der Waals surface area contributed by atoms with Gasteiger partial charge in [-0.15, -0.1) is 0 Å². The van der Waals surface area contributed by atoms with Crippen molar-refractivity contribution in [1.29, 1.82) is 0 Å². The zero-order chi connectivity index (χ0) is 18.8. The Bertz CT molecular complexity index is 1000. The van der Waals surface area contributed by atoms with Gasteiger partial charge in [0.1, 0.15) is 0 Å². The molecule has 0 aromatic heterocycles. The third-order valence-electron chi connectivity index (χ3n) is 6.85. The van der Waals surface area contributed by atoms with Gasteiger partial charge in [0.2, 0.25) is 0 Å². The normalized spacial score (nSPS) is 21.9. The zero-order valence-electron chi connectivity index (χ0n) is 16.0. The van der Waals surface area contributed by atoms with E-state index in [1.165, 1.54) is 40.5 Å². The summed E-state index contributed by atoms with van der Waals surface area (Å²) in [6.45, 7) is 1.63. The second-order valence-electron chi connectivity index (χ2n) is 8.62. The first kappa shape index (κ1) is 16.7. The van der Waals surface area contributed by atoms with Crippen LogP contribution < -0.4 is 0 Å². The molecule has 2 aromatic rings. The van der Waals surface area contributed by atoms with Crippen LogP contribution in [0.25, 0.3) is 0 Å². The molecule has 0 heterocycles. The Morgan fingerprint density at radius 1 is 0.889 bits per heavy atom. The minimum atomic E-state index is -0.170. The fourth-order valence-electron chi connectivity index (χ4n) is 5.70. The lowest BCUT2D eigenvalue weighted by atomic mass is 9.81. The van der Waals surface area contributed by atoms with E-state index < -0.39 is 0 Å². The summed E-state index contributed by atoms with van der Waals surface area (Å²) in [7, 11) is 1.49. The molecule has 5 rings (SSSR count). The van der Waals surface area contributed by atoms with Gasteiger partial charge in [-0.05, 0) is 96.7 Å². The smallest absolute Gasteiger partial charge is 0.338 e. The van der Waals surface area contributed by atoms with Crippen molar-refractivity contribution >= 4 is 11.8 Å². The van der Waals surface area contributed by atoms with E-state index in [9.17, 15) is 9.59 Å². The fourth-order valence-corrected chi connectivity index (χ4v) is 5.70. The second-order valence-corrected chi connectivity index (χ2v) is 8.62. The van der Waals surface area contributed by atoms with Crippen molar-refractivity contribution in [2.45, 2.75) is 51.9 Å². The molecular weight excluding hydrogens is 336 g/mol. The first-order valence-corrected chi connectivity index (χ1v) is 9.87. The maximum atomic E-state index is 12.6. The Kier molecular flexibility index (Phi) is 3.59. The lowest BCUT2D eigenvalue weighted by Gasteiger charge is -2.22. The summed E-state index contributed by atoms with van der Waals surface area (Å²) in [6, 6.07) is 8.53. The number of rotatable bonds is 2. The Hall–Kier alpha value is -2.42. The number of aryl methyl sites for hydroxylation is 1. The summed E-state index contributed by atoms with van der Waals surface area (Å²) in [4.78, 5) is 24.4. The van der Waals surface area contributed by atoms with Crippen LogP contribution in [0, 0.1) is 5.41 Å². The minimum Gasteiger partial charge on any atom is -0.465 e. The molecule has 3 aliphatic carbocycles. The highest BCUT2D eigenvalue weighted by atomic mass is 16.5. The number of esters is 1. The molecule has 27 heavy (non-hydrogen) atoms. The molecule has 3 aliphatic rings. The summed E-state index contributed by atoms with van der Waals surface area (Å²) >= 11 is 0. The van der Waals surface area contributed by atoms with Crippen LogP contribution in [0.5, 0.6) is 0 Å². The van der Waals surface area contributed by atoms with E-state index in [0.29, 0.717) is 0 Å². The molecule has 0 saturated carbocycles. The van der Waals surface area contributed by atoms with Crippen LogP contribution in [0.2, 0.25) is 0 Å². The molecule has 0 unspecified atom stereocenters. The molecule has 3 nitrogen and oxygen atoms in total. The lowest BCUT2D eigenvalue weighted by molar-refractivity contribution is 0.0598. The maximum Gasteiger partial charge on any atom is 0.338 e. The maximum absolute atomic E-state index is 12.6. The largest absolute Gasteiger partial charge is 0.465 e. The van der Waals surface area contributed by atoms with E-state index >= 15 is 0 Å². The summed E-state index contributed by atoms with van der Waals surface area (Å²) < 4.78 is 5.17. The monoisotopic (exact) mass is 360 g/mol. The fraction of sp³-hybridized carbons (Fsp3) is 0.417. The quantitative estimate of drug-likeness (QED) is 0.599. The van der Waals surface area contributed by atoms with Gasteiger partial charge in [0, 0.05) is 5.56 Å². The molecule has 0 saturated heterocycles. The standard InChI is InChI=1S/C24H24O3/c1-14(25)15-6-7-17-10-24(11-18(17)8-15)12-19-9-16-4-3-5-20(16)22(21(19)13-24)23(26)27-2/h6-9H,3-5,10-13H2,1-2H3/t24-/m1/s1. The summed E-state index contributed by atoms with van der Waals surface area (Å²) in [5, 5.41) is 0. The van der Waals surface area contributed by atoms with Crippen molar-refractivity contribution in [1.82, 2.24) is 0 Å². The number of carbonyl (C=O) groups excluding carboxylic acids is 2. The number of hydrogen-bond acceptors (Lipinski definition) is 3. The Balaban J connectivity index is 1.55. The average molecular weight is 360 g/mol. The molecule has 0 aliphatic heterocycles. The average Bonchev–Trinajstić information content (AvgIpc) is 3.33. The van der Waals surface area contributed by atoms with E-state index in [1.807, 2.05) is 6.07 Å². The molecular formula is C24H24O3. The SMILES string of the molecule is COC(=O)c1c2c(cc3c1C[C@@]1(Cc4ccc(C(C)=O)cc4C1)C3)CCC2. The number of methoxy groups -OCH3 is 1. The van der Waals surface area contributed by atoms with Crippen molar-refractivity contribution < 1.29 is 14.3 Å². The molecule has 0 amide bonds. The first-order valence-electron chi connectivity index (χ1n) is 9.87. The number of fused-ring (bicyclic) bond motifs is 3. The lowest BCUT2D eigenvalue weighted by Crippen LogP contribution is -2.22. The van der Waals surface area contributed by atoms with E-state index in [0.717, 1.165) is 56.1 Å². The van der Waals surface area contributed by atoms with Gasteiger partial charge in [0.25, 0.3) is 0 Å². The molecule has 138 valence electrons. The van der Waals surface area contributed by atoms with Gasteiger partial charge in [-0.2, -0.15) is 0 Å². The number of Topliss-reactive ketones (excluding diaryl/α,β-unsaturated/α-hetero) is 1. The number of hydrogen-bond donors (Lipinski definition) is 0. The van der Waals surface area contributed by atoms with Gasteiger partial charge < -0.3 is 4.74 Å². The van der Waals surface area contributed by atoms with E-state index in [1.54, 1.807) is 6.92 Å². The van der Waals surface area contributed by atoms with Gasteiger partial charge in [0.15, 0.2) is 5.78 Å². The van der Waals surface area contributed by atoms with Crippen LogP contribution in [0.3, 0.4) is 0 Å². The molecule has 0 fully saturated rings. The van der Waals surface area contributed by atoms with Gasteiger partial charge in [-0.25, -0.2) is 4.79 Å². The van der Waals surface area contributed by atoms with Crippen LogP contribution >= 0.6 is 0 Å². The number of ketones is 1. The van der Waals surface area contributed by atoms with Gasteiger partial charge >= 0.3 is 5.97 Å². The van der Waals surface area contributed by atoms with Crippen molar-refractivity contribution in [3.05, 3.63) is 68.8 Å². The number of ether oxygens (including phenoxy) is 1. The molecule has 3 heteroatoms. The molecule has 0 N–H and O–H groups in total. The van der Waals surface area contributed by atoms with Gasteiger partial charge in [-0.1, -0.05) is 18.2 Å². The second kappa shape index (κ2) is 5.79. The van der Waals surface area contributed by atoms with Gasteiger partial charge in [-0.3, -0.25) is 4.79 Å². The molecule has 1 spiro atoms. The van der Waals surface area contributed by atoms with E-state index in [2.05, 4.69) is 18.2 Å². The van der Waals surface area contributed by atoms with Crippen LogP contribution in [-0.4, -0.2) is 18.9 Å². The predicted octanol–water partition coefficient (Wildman–Crippen LogP) is 4.05. The Morgan fingerprint density at radius 2 is 1.67 bits per heavy atom. The number of carbonyl (C=O) groups is 2. The Morgan fingerprint density at radius 3 is 2.44 bits per heavy atom. The third kappa shape index (κ3) is 2.48. The predicted molar refractivity (Wildman–Crippen MR) is 104 cm³/mol. The Labute approximate surface area is 159 Å². The van der Waals surface area contributed by atoms with Gasteiger partial charge in [0.05, 0.1) is 12.7 Å². The summed E-state index contributed by atoms with van der Waals surface area (Å²) in [5.74, 6) is -0.0470. The van der Waals surface area contributed by atoms with Crippen LogP contribution in [-0.2, 0) is 43.3 Å². The van der Waals surface area contributed by atoms with Crippen molar-refractivity contribution in [2.75, 3.05) is 7.11 Å². The van der Waals surface area contributed by atoms with E-state index in [4.69, 9.17) is 4.74 Å². The van der Waals surface area contributed by atoms with Crippen molar-refractivity contribution in [3.63, 3.8) is 0 Å². The molecule has 0 radical (unpaired) electrons.